The van der Waals surface area contributed by atoms with Crippen LogP contribution < -0.4 is 5.32 Å². The summed E-state index contributed by atoms with van der Waals surface area (Å²) in [6, 6.07) is 8.21. The molecule has 2 aromatic rings. The number of aromatic amines is 1. The predicted molar refractivity (Wildman–Crippen MR) is 78.4 cm³/mol. The van der Waals surface area contributed by atoms with Gasteiger partial charge in [0.2, 0.25) is 5.91 Å². The van der Waals surface area contributed by atoms with Gasteiger partial charge in [-0.25, -0.2) is 4.98 Å². The Labute approximate surface area is 121 Å². The van der Waals surface area contributed by atoms with Crippen molar-refractivity contribution in [2.24, 2.45) is 0 Å². The summed E-state index contributed by atoms with van der Waals surface area (Å²) in [5.74, 6) is 1.88. The van der Waals surface area contributed by atoms with Gasteiger partial charge in [-0.2, -0.15) is 5.10 Å². The van der Waals surface area contributed by atoms with Crippen LogP contribution >= 0.6 is 11.8 Å². The van der Waals surface area contributed by atoms with E-state index in [4.69, 9.17) is 0 Å². The van der Waals surface area contributed by atoms with Gasteiger partial charge in [-0.15, -0.1) is 11.8 Å². The first-order chi connectivity index (χ1) is 9.84. The van der Waals surface area contributed by atoms with Gasteiger partial charge in [0.15, 0.2) is 0 Å². The molecule has 1 aliphatic heterocycles. The molecular formula is C14H16N4OS. The monoisotopic (exact) mass is 288 g/mol. The maximum absolute atomic E-state index is 12.3. The summed E-state index contributed by atoms with van der Waals surface area (Å²) in [5, 5.41) is 9.47. The van der Waals surface area contributed by atoms with Gasteiger partial charge < -0.3 is 5.32 Å². The number of benzene rings is 1. The molecule has 2 N–H and O–H groups in total. The number of fused-ring (bicyclic) bond motifs is 1. The smallest absolute Gasteiger partial charge is 0.237 e. The zero-order valence-corrected chi connectivity index (χ0v) is 11.8. The Morgan fingerprint density at radius 1 is 1.45 bits per heavy atom. The summed E-state index contributed by atoms with van der Waals surface area (Å²) in [6.45, 7) is 0.577. The predicted octanol–water partition coefficient (Wildman–Crippen LogP) is 1.49. The number of aromatic nitrogens is 3. The van der Waals surface area contributed by atoms with Crippen molar-refractivity contribution in [2.45, 2.75) is 18.1 Å². The SMILES string of the molecule is O=C(NCCc1ncn[nH]1)C1SCCc2ccccc21. The Kier molecular flexibility index (Phi) is 4.01. The van der Waals surface area contributed by atoms with Gasteiger partial charge in [0, 0.05) is 13.0 Å². The highest BCUT2D eigenvalue weighted by atomic mass is 32.2. The minimum absolute atomic E-state index is 0.0849. The number of amides is 1. The molecular weight excluding hydrogens is 272 g/mol. The quantitative estimate of drug-likeness (QED) is 0.894. The molecule has 0 aliphatic carbocycles. The van der Waals surface area contributed by atoms with E-state index >= 15 is 0 Å². The van der Waals surface area contributed by atoms with Crippen LogP contribution in [0.2, 0.25) is 0 Å². The Balaban J connectivity index is 1.60. The highest BCUT2D eigenvalue weighted by Crippen LogP contribution is 2.36. The lowest BCUT2D eigenvalue weighted by Crippen LogP contribution is -2.31. The lowest BCUT2D eigenvalue weighted by Gasteiger charge is -2.24. The third-order valence-corrected chi connectivity index (χ3v) is 4.60. The van der Waals surface area contributed by atoms with E-state index < -0.39 is 0 Å². The molecule has 0 spiro atoms. The van der Waals surface area contributed by atoms with E-state index in [1.807, 2.05) is 12.1 Å². The van der Waals surface area contributed by atoms with Crippen LogP contribution in [0.3, 0.4) is 0 Å². The number of thioether (sulfide) groups is 1. The van der Waals surface area contributed by atoms with Crippen LogP contribution in [-0.4, -0.2) is 33.4 Å². The van der Waals surface area contributed by atoms with Crippen molar-refractivity contribution in [3.05, 3.63) is 47.5 Å². The molecule has 0 radical (unpaired) electrons. The van der Waals surface area contributed by atoms with Crippen molar-refractivity contribution in [1.82, 2.24) is 20.5 Å². The fourth-order valence-electron chi connectivity index (χ4n) is 2.36. The zero-order valence-electron chi connectivity index (χ0n) is 11.0. The molecule has 0 fully saturated rings. The number of hydrogen-bond donors (Lipinski definition) is 2. The van der Waals surface area contributed by atoms with Gasteiger partial charge in [0.1, 0.15) is 17.4 Å². The standard InChI is InChI=1S/C14H16N4OS/c19-14(15-7-5-12-16-9-17-18-12)13-11-4-2-1-3-10(11)6-8-20-13/h1-4,9,13H,5-8H2,(H,15,19)(H,16,17,18). The lowest BCUT2D eigenvalue weighted by molar-refractivity contribution is -0.120. The van der Waals surface area contributed by atoms with Crippen molar-refractivity contribution < 1.29 is 4.79 Å². The minimum Gasteiger partial charge on any atom is -0.354 e. The van der Waals surface area contributed by atoms with Crippen LogP contribution in [-0.2, 0) is 17.6 Å². The number of rotatable bonds is 4. The molecule has 0 saturated carbocycles. The molecule has 104 valence electrons. The molecule has 3 rings (SSSR count). The molecule has 1 aliphatic rings. The molecule has 5 nitrogen and oxygen atoms in total. The topological polar surface area (TPSA) is 70.7 Å². The number of H-pyrrole nitrogens is 1. The van der Waals surface area contributed by atoms with Gasteiger partial charge in [-0.1, -0.05) is 24.3 Å². The molecule has 20 heavy (non-hydrogen) atoms. The molecule has 1 aromatic heterocycles. The van der Waals surface area contributed by atoms with Gasteiger partial charge >= 0.3 is 0 Å². The van der Waals surface area contributed by atoms with Gasteiger partial charge in [-0.05, 0) is 23.3 Å². The van der Waals surface area contributed by atoms with Crippen molar-refractivity contribution >= 4 is 17.7 Å². The maximum atomic E-state index is 12.3. The first kappa shape index (κ1) is 13.2. The van der Waals surface area contributed by atoms with Crippen LogP contribution in [0.1, 0.15) is 22.2 Å². The van der Waals surface area contributed by atoms with Crippen molar-refractivity contribution in [3.8, 4) is 0 Å². The van der Waals surface area contributed by atoms with Crippen LogP contribution in [0.5, 0.6) is 0 Å². The van der Waals surface area contributed by atoms with Gasteiger partial charge in [-0.3, -0.25) is 9.89 Å². The maximum Gasteiger partial charge on any atom is 0.237 e. The summed E-state index contributed by atoms with van der Waals surface area (Å²) in [4.78, 5) is 16.3. The molecule has 0 bridgehead atoms. The summed E-state index contributed by atoms with van der Waals surface area (Å²) in [6.07, 6.45) is 3.19. The second kappa shape index (κ2) is 6.09. The Morgan fingerprint density at radius 3 is 3.20 bits per heavy atom. The van der Waals surface area contributed by atoms with E-state index in [9.17, 15) is 4.79 Å². The van der Waals surface area contributed by atoms with Crippen LogP contribution in [0.4, 0.5) is 0 Å². The Bertz CT molecular complexity index is 585. The lowest BCUT2D eigenvalue weighted by atomic mass is 10.0. The third kappa shape index (κ3) is 2.85. The second-order valence-corrected chi connectivity index (χ2v) is 5.89. The highest BCUT2D eigenvalue weighted by molar-refractivity contribution is 8.00. The minimum atomic E-state index is -0.0883. The second-order valence-electron chi connectivity index (χ2n) is 4.67. The molecule has 1 unspecified atom stereocenters. The number of nitrogens with zero attached hydrogens (tertiary/aromatic N) is 2. The van der Waals surface area contributed by atoms with Crippen molar-refractivity contribution in [1.29, 1.82) is 0 Å². The van der Waals surface area contributed by atoms with E-state index in [0.29, 0.717) is 13.0 Å². The van der Waals surface area contributed by atoms with E-state index in [2.05, 4.69) is 32.6 Å². The van der Waals surface area contributed by atoms with Crippen LogP contribution in [0, 0.1) is 0 Å². The van der Waals surface area contributed by atoms with E-state index in [-0.39, 0.29) is 11.2 Å². The van der Waals surface area contributed by atoms with Crippen molar-refractivity contribution in [2.75, 3.05) is 12.3 Å². The average molecular weight is 288 g/mol. The molecule has 6 heteroatoms. The van der Waals surface area contributed by atoms with Gasteiger partial charge in [0.25, 0.3) is 0 Å². The molecule has 1 atom stereocenters. The zero-order chi connectivity index (χ0) is 13.8. The Hall–Kier alpha value is -1.82. The average Bonchev–Trinajstić information content (AvgIpc) is 3.00. The van der Waals surface area contributed by atoms with Gasteiger partial charge in [0.05, 0.1) is 0 Å². The first-order valence-corrected chi connectivity index (χ1v) is 7.71. The first-order valence-electron chi connectivity index (χ1n) is 6.66. The molecule has 2 heterocycles. The fourth-order valence-corrected chi connectivity index (χ4v) is 3.58. The van der Waals surface area contributed by atoms with E-state index in [1.165, 1.54) is 11.9 Å². The summed E-state index contributed by atoms with van der Waals surface area (Å²) < 4.78 is 0. The third-order valence-electron chi connectivity index (χ3n) is 3.36. The molecule has 0 saturated heterocycles. The summed E-state index contributed by atoms with van der Waals surface area (Å²) in [5.41, 5.74) is 2.45. The molecule has 1 aromatic carbocycles. The normalized spacial score (nSPS) is 17.5. The largest absolute Gasteiger partial charge is 0.354 e. The fraction of sp³-hybridized carbons (Fsp3) is 0.357. The van der Waals surface area contributed by atoms with E-state index in [1.54, 1.807) is 11.8 Å². The number of aryl methyl sites for hydroxylation is 1. The number of carbonyl (C=O) groups is 1. The van der Waals surface area contributed by atoms with E-state index in [0.717, 1.165) is 23.6 Å². The van der Waals surface area contributed by atoms with Crippen LogP contribution in [0.25, 0.3) is 0 Å². The molecule has 1 amide bonds. The number of nitrogens with one attached hydrogen (secondary N) is 2. The number of carbonyl (C=O) groups excluding carboxylic acids is 1. The van der Waals surface area contributed by atoms with Crippen molar-refractivity contribution in [3.63, 3.8) is 0 Å². The van der Waals surface area contributed by atoms with Crippen LogP contribution in [0.15, 0.2) is 30.6 Å². The summed E-state index contributed by atoms with van der Waals surface area (Å²) in [7, 11) is 0. The summed E-state index contributed by atoms with van der Waals surface area (Å²) >= 11 is 1.71. The number of hydrogen-bond acceptors (Lipinski definition) is 4. The highest BCUT2D eigenvalue weighted by Gasteiger charge is 2.26. The Morgan fingerprint density at radius 2 is 2.35 bits per heavy atom.